The third kappa shape index (κ3) is 4.15. The minimum absolute atomic E-state index is 0.0310. The molecule has 0 bridgehead atoms. The van der Waals surface area contributed by atoms with Crippen molar-refractivity contribution in [2.24, 2.45) is 0 Å². The van der Waals surface area contributed by atoms with Crippen LogP contribution in [0.5, 0.6) is 11.5 Å². The van der Waals surface area contributed by atoms with E-state index in [9.17, 15) is 9.18 Å². The first-order chi connectivity index (χ1) is 17.5. The second-order valence-corrected chi connectivity index (χ2v) is 8.37. The maximum absolute atomic E-state index is 14.2. The van der Waals surface area contributed by atoms with Crippen LogP contribution < -0.4 is 9.47 Å². The van der Waals surface area contributed by atoms with Crippen LogP contribution in [0.25, 0.3) is 22.8 Å². The van der Waals surface area contributed by atoms with Crippen LogP contribution in [-0.2, 0) is 0 Å². The Bertz CT molecular complexity index is 1410. The Kier molecular flexibility index (Phi) is 6.32. The number of hydrogen-bond acceptors (Lipinski definition) is 8. The van der Waals surface area contributed by atoms with Gasteiger partial charge in [-0.25, -0.2) is 14.4 Å². The van der Waals surface area contributed by atoms with Gasteiger partial charge in [-0.15, -0.1) is 0 Å². The zero-order valence-electron chi connectivity index (χ0n) is 20.1. The van der Waals surface area contributed by atoms with Crippen LogP contribution in [-0.4, -0.2) is 51.7 Å². The predicted molar refractivity (Wildman–Crippen MR) is 128 cm³/mol. The van der Waals surface area contributed by atoms with Gasteiger partial charge in [0.05, 0.1) is 25.3 Å². The SMILES string of the molecule is COc1cc(C(=O)N2CCCC2c2nc(-c3cccc(F)c3OC)no2)c(-c2ncccn2)cc1C. The third-order valence-corrected chi connectivity index (χ3v) is 6.22. The zero-order chi connectivity index (χ0) is 25.2. The van der Waals surface area contributed by atoms with Gasteiger partial charge in [-0.2, -0.15) is 4.98 Å². The number of hydrogen-bond donors (Lipinski definition) is 0. The summed E-state index contributed by atoms with van der Waals surface area (Å²) in [5.74, 6) is 0.787. The molecule has 0 radical (unpaired) electrons. The van der Waals surface area contributed by atoms with Crippen molar-refractivity contribution in [3.05, 3.63) is 71.6 Å². The van der Waals surface area contributed by atoms with E-state index >= 15 is 0 Å². The van der Waals surface area contributed by atoms with E-state index in [-0.39, 0.29) is 23.4 Å². The molecule has 2 aromatic heterocycles. The van der Waals surface area contributed by atoms with Crippen molar-refractivity contribution < 1.29 is 23.2 Å². The Morgan fingerprint density at radius 1 is 1.08 bits per heavy atom. The molecule has 0 saturated carbocycles. The summed E-state index contributed by atoms with van der Waals surface area (Å²) in [6.07, 6.45) is 4.68. The van der Waals surface area contributed by atoms with Gasteiger partial charge >= 0.3 is 0 Å². The summed E-state index contributed by atoms with van der Waals surface area (Å²) in [7, 11) is 2.94. The third-order valence-electron chi connectivity index (χ3n) is 6.22. The Hall–Kier alpha value is -4.34. The molecule has 1 aliphatic heterocycles. The van der Waals surface area contributed by atoms with Gasteiger partial charge in [-0.1, -0.05) is 11.2 Å². The molecule has 9 nitrogen and oxygen atoms in total. The number of carbonyl (C=O) groups excluding carboxylic acids is 1. The van der Waals surface area contributed by atoms with E-state index in [1.807, 2.05) is 13.0 Å². The lowest BCUT2D eigenvalue weighted by atomic mass is 10.0. The quantitative estimate of drug-likeness (QED) is 0.386. The highest BCUT2D eigenvalue weighted by Crippen LogP contribution is 2.37. The van der Waals surface area contributed by atoms with Crippen molar-refractivity contribution in [2.45, 2.75) is 25.8 Å². The molecule has 4 aromatic rings. The van der Waals surface area contributed by atoms with E-state index in [2.05, 4.69) is 20.1 Å². The highest BCUT2D eigenvalue weighted by molar-refractivity contribution is 6.01. The summed E-state index contributed by atoms with van der Waals surface area (Å²) >= 11 is 0. The van der Waals surface area contributed by atoms with E-state index in [4.69, 9.17) is 14.0 Å². The fourth-order valence-corrected chi connectivity index (χ4v) is 4.50. The number of carbonyl (C=O) groups is 1. The van der Waals surface area contributed by atoms with Gasteiger partial charge in [0.25, 0.3) is 5.91 Å². The molecule has 1 unspecified atom stereocenters. The van der Waals surface area contributed by atoms with Crippen molar-refractivity contribution in [2.75, 3.05) is 20.8 Å². The molecule has 1 aliphatic rings. The van der Waals surface area contributed by atoms with Crippen LogP contribution >= 0.6 is 0 Å². The molecule has 5 rings (SSSR count). The van der Waals surface area contributed by atoms with Crippen LogP contribution in [0, 0.1) is 12.7 Å². The first-order valence-corrected chi connectivity index (χ1v) is 11.4. The topological polar surface area (TPSA) is 103 Å². The maximum atomic E-state index is 14.2. The summed E-state index contributed by atoms with van der Waals surface area (Å²) in [5, 5.41) is 4.04. The maximum Gasteiger partial charge on any atom is 0.255 e. The number of rotatable bonds is 6. The van der Waals surface area contributed by atoms with Gasteiger partial charge in [0.15, 0.2) is 17.4 Å². The molecule has 0 aliphatic carbocycles. The highest BCUT2D eigenvalue weighted by atomic mass is 19.1. The van der Waals surface area contributed by atoms with Crippen molar-refractivity contribution in [1.82, 2.24) is 25.0 Å². The second kappa shape index (κ2) is 9.73. The Balaban J connectivity index is 1.51. The Labute approximate surface area is 206 Å². The van der Waals surface area contributed by atoms with Gasteiger partial charge in [0.1, 0.15) is 11.8 Å². The van der Waals surface area contributed by atoms with Crippen molar-refractivity contribution in [1.29, 1.82) is 0 Å². The lowest BCUT2D eigenvalue weighted by molar-refractivity contribution is 0.0710. The molecule has 10 heteroatoms. The zero-order valence-corrected chi connectivity index (χ0v) is 20.1. The number of aromatic nitrogens is 4. The van der Waals surface area contributed by atoms with Gasteiger partial charge < -0.3 is 18.9 Å². The predicted octanol–water partition coefficient (Wildman–Crippen LogP) is 4.64. The average Bonchev–Trinajstić information content (AvgIpc) is 3.58. The molecule has 0 N–H and O–H groups in total. The van der Waals surface area contributed by atoms with Crippen LogP contribution in [0.3, 0.4) is 0 Å². The number of amides is 1. The normalized spacial score (nSPS) is 15.2. The monoisotopic (exact) mass is 489 g/mol. The van der Waals surface area contributed by atoms with Crippen LogP contribution in [0.2, 0.25) is 0 Å². The van der Waals surface area contributed by atoms with Crippen LogP contribution in [0.1, 0.15) is 40.7 Å². The first-order valence-electron chi connectivity index (χ1n) is 11.4. The Morgan fingerprint density at radius 2 is 1.89 bits per heavy atom. The van der Waals surface area contributed by atoms with E-state index in [0.29, 0.717) is 41.2 Å². The summed E-state index contributed by atoms with van der Waals surface area (Å²) in [4.78, 5) is 28.8. The molecular weight excluding hydrogens is 465 g/mol. The lowest BCUT2D eigenvalue weighted by Gasteiger charge is -2.23. The number of para-hydroxylation sites is 1. The van der Waals surface area contributed by atoms with E-state index < -0.39 is 11.9 Å². The second-order valence-electron chi connectivity index (χ2n) is 8.37. The summed E-state index contributed by atoms with van der Waals surface area (Å²) < 4.78 is 30.4. The molecule has 2 aromatic carbocycles. The number of ether oxygens (including phenoxy) is 2. The van der Waals surface area contributed by atoms with Crippen LogP contribution in [0.15, 0.2) is 53.3 Å². The van der Waals surface area contributed by atoms with E-state index in [1.54, 1.807) is 48.7 Å². The van der Waals surface area contributed by atoms with Crippen LogP contribution in [0.4, 0.5) is 4.39 Å². The molecule has 1 saturated heterocycles. The number of benzene rings is 2. The summed E-state index contributed by atoms with van der Waals surface area (Å²) in [6.45, 7) is 2.41. The first kappa shape index (κ1) is 23.4. The number of aryl methyl sites for hydroxylation is 1. The summed E-state index contributed by atoms with van der Waals surface area (Å²) in [6, 6.07) is 9.35. The van der Waals surface area contributed by atoms with Gasteiger partial charge in [-0.3, -0.25) is 4.79 Å². The molecule has 1 amide bonds. The standard InChI is InChI=1S/C26H24FN5O4/c1-15-13-17(23-28-10-6-11-29-23)18(14-21(15)34-2)26(33)32-12-5-9-20(32)25-30-24(31-36-25)16-7-4-8-19(27)22(16)35-3/h4,6-8,10-11,13-14,20H,5,9,12H2,1-3H3. The minimum Gasteiger partial charge on any atom is -0.496 e. The van der Waals surface area contributed by atoms with Gasteiger partial charge in [0, 0.05) is 24.5 Å². The molecule has 184 valence electrons. The number of methoxy groups -OCH3 is 2. The fraction of sp³-hybridized carbons (Fsp3) is 0.269. The van der Waals surface area contributed by atoms with Gasteiger partial charge in [-0.05, 0) is 55.7 Å². The number of nitrogens with zero attached hydrogens (tertiary/aromatic N) is 5. The number of halogens is 1. The van der Waals surface area contributed by atoms with Gasteiger partial charge in [0.2, 0.25) is 11.7 Å². The lowest BCUT2D eigenvalue weighted by Crippen LogP contribution is -2.31. The van der Waals surface area contributed by atoms with Crippen molar-refractivity contribution in [3.8, 4) is 34.3 Å². The minimum atomic E-state index is -0.525. The molecule has 1 atom stereocenters. The van der Waals surface area contributed by atoms with E-state index in [1.165, 1.54) is 13.2 Å². The van der Waals surface area contributed by atoms with Crippen molar-refractivity contribution >= 4 is 5.91 Å². The largest absolute Gasteiger partial charge is 0.496 e. The summed E-state index contributed by atoms with van der Waals surface area (Å²) in [5.41, 5.74) is 2.26. The smallest absolute Gasteiger partial charge is 0.255 e. The highest BCUT2D eigenvalue weighted by Gasteiger charge is 2.36. The molecule has 0 spiro atoms. The average molecular weight is 490 g/mol. The van der Waals surface area contributed by atoms with Crippen molar-refractivity contribution in [3.63, 3.8) is 0 Å². The Morgan fingerprint density at radius 3 is 2.64 bits per heavy atom. The van der Waals surface area contributed by atoms with E-state index in [0.717, 1.165) is 12.0 Å². The molecule has 1 fully saturated rings. The fourth-order valence-electron chi connectivity index (χ4n) is 4.50. The molecule has 3 heterocycles. The molecule has 36 heavy (non-hydrogen) atoms. The molecular formula is C26H24FN5O4. The number of likely N-dealkylation sites (tertiary alicyclic amines) is 1.